The number of ketones is 1. The van der Waals surface area contributed by atoms with Crippen LogP contribution in [0.2, 0.25) is 0 Å². The largest absolute Gasteiger partial charge is 0.299 e. The zero-order chi connectivity index (χ0) is 12.2. The highest BCUT2D eigenvalue weighted by Gasteiger charge is 2.17. The first-order chi connectivity index (χ1) is 7.38. The van der Waals surface area contributed by atoms with E-state index in [1.807, 2.05) is 0 Å². The standard InChI is InChI=1S/C9H13NO4S2/c1-7(6-14-16(2,12)13)8(11)5-9-10-3-4-15-9/h3-4,7H,5-6H2,1-2H3. The fourth-order valence-corrected chi connectivity index (χ4v) is 2.06. The van der Waals surface area contributed by atoms with E-state index in [9.17, 15) is 13.2 Å². The number of Topliss-reactive ketones (excluding diaryl/α,β-unsaturated/α-hetero) is 1. The number of carbonyl (C=O) groups excluding carboxylic acids is 1. The summed E-state index contributed by atoms with van der Waals surface area (Å²) in [5.74, 6) is -0.516. The van der Waals surface area contributed by atoms with Gasteiger partial charge in [-0.15, -0.1) is 11.3 Å². The second kappa shape index (κ2) is 5.51. The first-order valence-corrected chi connectivity index (χ1v) is 7.33. The number of carbonyl (C=O) groups is 1. The van der Waals surface area contributed by atoms with Crippen molar-refractivity contribution < 1.29 is 17.4 Å². The molecule has 0 aromatic carbocycles. The molecule has 7 heteroatoms. The summed E-state index contributed by atoms with van der Waals surface area (Å²) in [7, 11) is -3.48. The molecule has 1 rings (SSSR count). The van der Waals surface area contributed by atoms with Gasteiger partial charge in [0, 0.05) is 17.5 Å². The Kier molecular flexibility index (Phi) is 4.57. The zero-order valence-electron chi connectivity index (χ0n) is 9.04. The van der Waals surface area contributed by atoms with Crippen molar-refractivity contribution in [1.29, 1.82) is 0 Å². The summed E-state index contributed by atoms with van der Waals surface area (Å²) in [5.41, 5.74) is 0. The zero-order valence-corrected chi connectivity index (χ0v) is 10.7. The van der Waals surface area contributed by atoms with Crippen molar-refractivity contribution in [2.45, 2.75) is 13.3 Å². The van der Waals surface area contributed by atoms with Crippen LogP contribution in [0.15, 0.2) is 11.6 Å². The lowest BCUT2D eigenvalue weighted by atomic mass is 10.1. The average molecular weight is 263 g/mol. The molecule has 1 heterocycles. The molecule has 90 valence electrons. The van der Waals surface area contributed by atoms with E-state index >= 15 is 0 Å². The topological polar surface area (TPSA) is 73.3 Å². The minimum atomic E-state index is -3.48. The highest BCUT2D eigenvalue weighted by atomic mass is 32.2. The van der Waals surface area contributed by atoms with Gasteiger partial charge in [-0.2, -0.15) is 8.42 Å². The second-order valence-electron chi connectivity index (χ2n) is 3.46. The first-order valence-electron chi connectivity index (χ1n) is 4.64. The van der Waals surface area contributed by atoms with Crippen molar-refractivity contribution >= 4 is 27.2 Å². The number of hydrogen-bond donors (Lipinski definition) is 0. The Morgan fingerprint density at radius 2 is 2.31 bits per heavy atom. The van der Waals surface area contributed by atoms with Crippen molar-refractivity contribution in [3.05, 3.63) is 16.6 Å². The molecule has 0 saturated carbocycles. The van der Waals surface area contributed by atoms with E-state index in [1.165, 1.54) is 11.3 Å². The lowest BCUT2D eigenvalue weighted by molar-refractivity contribution is -0.122. The predicted octanol–water partition coefficient (Wildman–Crippen LogP) is 0.867. The lowest BCUT2D eigenvalue weighted by Gasteiger charge is -2.08. The van der Waals surface area contributed by atoms with Crippen LogP contribution < -0.4 is 0 Å². The van der Waals surface area contributed by atoms with Crippen LogP contribution in [0.4, 0.5) is 0 Å². The van der Waals surface area contributed by atoms with Gasteiger partial charge in [-0.1, -0.05) is 6.92 Å². The molecule has 1 atom stereocenters. The molecule has 0 bridgehead atoms. The monoisotopic (exact) mass is 263 g/mol. The van der Waals surface area contributed by atoms with Crippen molar-refractivity contribution in [2.75, 3.05) is 12.9 Å². The third kappa shape index (κ3) is 4.82. The molecule has 1 aromatic rings. The molecule has 0 saturated heterocycles. The molecule has 0 fully saturated rings. The maximum atomic E-state index is 11.6. The van der Waals surface area contributed by atoms with Gasteiger partial charge in [-0.25, -0.2) is 4.98 Å². The van der Waals surface area contributed by atoms with E-state index in [1.54, 1.807) is 18.5 Å². The summed E-state index contributed by atoms with van der Waals surface area (Å²) in [6.07, 6.45) is 2.82. The molecule has 16 heavy (non-hydrogen) atoms. The third-order valence-electron chi connectivity index (χ3n) is 1.89. The summed E-state index contributed by atoms with van der Waals surface area (Å²) in [6, 6.07) is 0. The van der Waals surface area contributed by atoms with Crippen LogP contribution in [0.1, 0.15) is 11.9 Å². The number of aromatic nitrogens is 1. The smallest absolute Gasteiger partial charge is 0.264 e. The van der Waals surface area contributed by atoms with Crippen molar-refractivity contribution in [3.8, 4) is 0 Å². The number of thiazole rings is 1. The van der Waals surface area contributed by atoms with Crippen molar-refractivity contribution in [2.24, 2.45) is 5.92 Å². The molecule has 1 aromatic heterocycles. The Balaban J connectivity index is 2.42. The SMILES string of the molecule is CC(COS(C)(=O)=O)C(=O)Cc1nccs1. The van der Waals surface area contributed by atoms with Crippen LogP contribution in [-0.2, 0) is 25.5 Å². The number of hydrogen-bond acceptors (Lipinski definition) is 6. The van der Waals surface area contributed by atoms with Gasteiger partial charge in [0.15, 0.2) is 0 Å². The Hall–Kier alpha value is -0.790. The van der Waals surface area contributed by atoms with Gasteiger partial charge in [0.05, 0.1) is 24.3 Å². The fourth-order valence-electron chi connectivity index (χ4n) is 0.982. The molecular weight excluding hydrogens is 250 g/mol. The second-order valence-corrected chi connectivity index (χ2v) is 6.08. The Bertz CT molecular complexity index is 438. The molecule has 5 nitrogen and oxygen atoms in total. The van der Waals surface area contributed by atoms with Gasteiger partial charge >= 0.3 is 0 Å². The third-order valence-corrected chi connectivity index (χ3v) is 3.23. The summed E-state index contributed by atoms with van der Waals surface area (Å²) >= 11 is 1.40. The van der Waals surface area contributed by atoms with Crippen LogP contribution >= 0.6 is 11.3 Å². The van der Waals surface area contributed by atoms with E-state index in [4.69, 9.17) is 0 Å². The number of nitrogens with zero attached hydrogens (tertiary/aromatic N) is 1. The number of rotatable bonds is 6. The summed E-state index contributed by atoms with van der Waals surface area (Å²) in [5, 5.41) is 2.52. The molecule has 0 aliphatic rings. The predicted molar refractivity (Wildman–Crippen MR) is 60.8 cm³/mol. The van der Waals surface area contributed by atoms with Crippen LogP contribution in [0.5, 0.6) is 0 Å². The molecule has 0 N–H and O–H groups in total. The molecule has 0 aliphatic heterocycles. The summed E-state index contributed by atoms with van der Waals surface area (Å²) < 4.78 is 26.0. The quantitative estimate of drug-likeness (QED) is 0.712. The lowest BCUT2D eigenvalue weighted by Crippen LogP contribution is -2.20. The maximum Gasteiger partial charge on any atom is 0.264 e. The molecule has 0 aliphatic carbocycles. The highest BCUT2D eigenvalue weighted by molar-refractivity contribution is 7.85. The normalized spacial score (nSPS) is 13.6. The van der Waals surface area contributed by atoms with Crippen LogP contribution in [0, 0.1) is 5.92 Å². The summed E-state index contributed by atoms with van der Waals surface area (Å²) in [4.78, 5) is 15.6. The van der Waals surface area contributed by atoms with Crippen LogP contribution in [-0.4, -0.2) is 32.0 Å². The van der Waals surface area contributed by atoms with Crippen LogP contribution in [0.3, 0.4) is 0 Å². The average Bonchev–Trinajstić information content (AvgIpc) is 2.65. The van der Waals surface area contributed by atoms with E-state index in [0.29, 0.717) is 0 Å². The van der Waals surface area contributed by atoms with E-state index < -0.39 is 16.0 Å². The Labute approximate surface area is 98.6 Å². The van der Waals surface area contributed by atoms with Gasteiger partial charge in [-0.3, -0.25) is 8.98 Å². The molecular formula is C9H13NO4S2. The van der Waals surface area contributed by atoms with Gasteiger partial charge in [0.1, 0.15) is 5.78 Å². The highest BCUT2D eigenvalue weighted by Crippen LogP contribution is 2.09. The minimum absolute atomic E-state index is 0.0707. The molecule has 0 amide bonds. The van der Waals surface area contributed by atoms with E-state index in [0.717, 1.165) is 11.3 Å². The van der Waals surface area contributed by atoms with Gasteiger partial charge in [0.2, 0.25) is 0 Å². The van der Waals surface area contributed by atoms with Crippen molar-refractivity contribution in [3.63, 3.8) is 0 Å². The minimum Gasteiger partial charge on any atom is -0.299 e. The fraction of sp³-hybridized carbons (Fsp3) is 0.556. The van der Waals surface area contributed by atoms with Gasteiger partial charge < -0.3 is 0 Å². The molecule has 1 unspecified atom stereocenters. The van der Waals surface area contributed by atoms with Crippen LogP contribution in [0.25, 0.3) is 0 Å². The van der Waals surface area contributed by atoms with Gasteiger partial charge in [0.25, 0.3) is 10.1 Å². The van der Waals surface area contributed by atoms with E-state index in [2.05, 4.69) is 9.17 Å². The Morgan fingerprint density at radius 3 is 2.81 bits per heavy atom. The first kappa shape index (κ1) is 13.3. The van der Waals surface area contributed by atoms with Gasteiger partial charge in [-0.05, 0) is 0 Å². The molecule has 0 spiro atoms. The Morgan fingerprint density at radius 1 is 1.62 bits per heavy atom. The van der Waals surface area contributed by atoms with Crippen molar-refractivity contribution in [1.82, 2.24) is 4.98 Å². The molecule has 0 radical (unpaired) electrons. The van der Waals surface area contributed by atoms with E-state index in [-0.39, 0.29) is 18.8 Å². The maximum absolute atomic E-state index is 11.6. The summed E-state index contributed by atoms with van der Waals surface area (Å²) in [6.45, 7) is 1.53.